The molecule has 2 aromatic rings. The van der Waals surface area contributed by atoms with Crippen LogP contribution >= 0.6 is 0 Å². The highest BCUT2D eigenvalue weighted by Gasteiger charge is 2.37. The van der Waals surface area contributed by atoms with Gasteiger partial charge >= 0.3 is 0 Å². The lowest BCUT2D eigenvalue weighted by molar-refractivity contribution is 0.339. The Labute approximate surface area is 115 Å². The van der Waals surface area contributed by atoms with E-state index in [4.69, 9.17) is 0 Å². The average Bonchev–Trinajstić information content (AvgIpc) is 3.21. The number of nitrogens with zero attached hydrogens (tertiary/aromatic N) is 1. The molecule has 1 heterocycles. The van der Waals surface area contributed by atoms with Crippen LogP contribution in [0, 0.1) is 12.8 Å². The molecule has 0 unspecified atom stereocenters. The molecule has 2 nitrogen and oxygen atoms in total. The number of pyridine rings is 1. The summed E-state index contributed by atoms with van der Waals surface area (Å²) in [6.45, 7) is 7.60. The molecule has 1 saturated carbocycles. The molecule has 0 saturated heterocycles. The lowest BCUT2D eigenvalue weighted by Crippen LogP contribution is -2.40. The Morgan fingerprint density at radius 3 is 2.74 bits per heavy atom. The summed E-state index contributed by atoms with van der Waals surface area (Å²) in [5.41, 5.74) is 3.77. The van der Waals surface area contributed by atoms with E-state index in [0.717, 1.165) is 23.7 Å². The van der Waals surface area contributed by atoms with Crippen molar-refractivity contribution in [2.24, 2.45) is 5.92 Å². The Morgan fingerprint density at radius 1 is 1.21 bits per heavy atom. The van der Waals surface area contributed by atoms with Crippen molar-refractivity contribution < 1.29 is 0 Å². The fraction of sp³-hybridized carbons (Fsp3) is 0.471. The van der Waals surface area contributed by atoms with Crippen LogP contribution in [0.3, 0.4) is 0 Å². The Kier molecular flexibility index (Phi) is 3.06. The molecular formula is C17H22N2. The first-order chi connectivity index (χ1) is 9.04. The number of nitrogens with one attached hydrogen (secondary N) is 1. The largest absolute Gasteiger partial charge is 0.307 e. The van der Waals surface area contributed by atoms with Crippen molar-refractivity contribution in [3.8, 4) is 0 Å². The number of aryl methyl sites for hydroxylation is 1. The van der Waals surface area contributed by atoms with Crippen molar-refractivity contribution >= 4 is 10.9 Å². The summed E-state index contributed by atoms with van der Waals surface area (Å²) in [5, 5.41) is 4.92. The molecule has 1 aromatic heterocycles. The summed E-state index contributed by atoms with van der Waals surface area (Å²) in [6.07, 6.45) is 2.75. The van der Waals surface area contributed by atoms with Gasteiger partial charge in [-0.2, -0.15) is 0 Å². The third kappa shape index (κ3) is 2.79. The second kappa shape index (κ2) is 4.61. The van der Waals surface area contributed by atoms with E-state index in [9.17, 15) is 0 Å². The molecule has 2 heteroatoms. The summed E-state index contributed by atoms with van der Waals surface area (Å²) < 4.78 is 0. The first-order valence-electron chi connectivity index (χ1n) is 7.16. The lowest BCUT2D eigenvalue weighted by atomic mass is 9.98. The summed E-state index contributed by atoms with van der Waals surface area (Å²) in [6, 6.07) is 10.8. The Balaban J connectivity index is 1.76. The van der Waals surface area contributed by atoms with Crippen LogP contribution in [0.4, 0.5) is 0 Å². The van der Waals surface area contributed by atoms with Gasteiger partial charge in [0.1, 0.15) is 0 Å². The van der Waals surface area contributed by atoms with Crippen LogP contribution in [0.2, 0.25) is 0 Å². The quantitative estimate of drug-likeness (QED) is 0.897. The summed E-state index contributed by atoms with van der Waals surface area (Å²) in [7, 11) is 0. The monoisotopic (exact) mass is 254 g/mol. The predicted octanol–water partition coefficient (Wildman–Crippen LogP) is 3.82. The van der Waals surface area contributed by atoms with Crippen molar-refractivity contribution in [3.05, 3.63) is 41.6 Å². The van der Waals surface area contributed by atoms with Gasteiger partial charge in [0.05, 0.1) is 5.52 Å². The molecule has 1 aromatic carbocycles. The molecule has 0 radical (unpaired) electrons. The normalized spacial score (nSPS) is 15.9. The average molecular weight is 254 g/mol. The maximum absolute atomic E-state index is 4.54. The molecule has 1 aliphatic carbocycles. The van der Waals surface area contributed by atoms with E-state index in [1.54, 1.807) is 0 Å². The third-order valence-electron chi connectivity index (χ3n) is 4.24. The van der Waals surface area contributed by atoms with Gasteiger partial charge in [-0.25, -0.2) is 0 Å². The topological polar surface area (TPSA) is 24.9 Å². The molecule has 0 atom stereocenters. The zero-order chi connectivity index (χ0) is 13.5. The number of fused-ring (bicyclic) bond motifs is 1. The number of aromatic nitrogens is 1. The van der Waals surface area contributed by atoms with E-state index in [1.165, 1.54) is 23.8 Å². The molecule has 1 aliphatic rings. The van der Waals surface area contributed by atoms with Gasteiger partial charge in [-0.15, -0.1) is 0 Å². The second-order valence-electron chi connectivity index (χ2n) is 6.33. The molecule has 1 N–H and O–H groups in total. The third-order valence-corrected chi connectivity index (χ3v) is 4.24. The number of rotatable bonds is 4. The highest BCUT2D eigenvalue weighted by Crippen LogP contribution is 2.39. The molecule has 0 aliphatic heterocycles. The van der Waals surface area contributed by atoms with Crippen LogP contribution < -0.4 is 5.32 Å². The molecule has 100 valence electrons. The minimum atomic E-state index is 0.264. The molecule has 19 heavy (non-hydrogen) atoms. The van der Waals surface area contributed by atoms with Gasteiger partial charge in [-0.1, -0.05) is 12.1 Å². The smallest absolute Gasteiger partial charge is 0.0705 e. The summed E-state index contributed by atoms with van der Waals surface area (Å²) >= 11 is 0. The molecule has 3 rings (SSSR count). The highest BCUT2D eigenvalue weighted by molar-refractivity contribution is 5.79. The zero-order valence-corrected chi connectivity index (χ0v) is 12.0. The van der Waals surface area contributed by atoms with Crippen LogP contribution in [0.5, 0.6) is 0 Å². The van der Waals surface area contributed by atoms with E-state index in [-0.39, 0.29) is 5.54 Å². The molecule has 0 spiro atoms. The van der Waals surface area contributed by atoms with Gasteiger partial charge in [0.15, 0.2) is 0 Å². The highest BCUT2D eigenvalue weighted by atomic mass is 15.0. The van der Waals surface area contributed by atoms with Crippen molar-refractivity contribution in [1.29, 1.82) is 0 Å². The standard InChI is InChI=1S/C17H22N2/c1-12-4-6-14-10-13(5-9-16(14)19-12)11-18-17(2,3)15-7-8-15/h4-6,9-10,15,18H,7-8,11H2,1-3H3. The fourth-order valence-electron chi connectivity index (χ4n) is 2.67. The van der Waals surface area contributed by atoms with Crippen molar-refractivity contribution in [2.45, 2.75) is 45.7 Å². The maximum Gasteiger partial charge on any atom is 0.0705 e. The molecule has 0 bridgehead atoms. The lowest BCUT2D eigenvalue weighted by Gasteiger charge is -2.26. The molecular weight excluding hydrogens is 232 g/mol. The van der Waals surface area contributed by atoms with Crippen molar-refractivity contribution in [2.75, 3.05) is 0 Å². The number of hydrogen-bond donors (Lipinski definition) is 1. The SMILES string of the molecule is Cc1ccc2cc(CNC(C)(C)C3CC3)ccc2n1. The van der Waals surface area contributed by atoms with Crippen LogP contribution in [0.15, 0.2) is 30.3 Å². The van der Waals surface area contributed by atoms with Gasteiger partial charge in [-0.3, -0.25) is 4.98 Å². The van der Waals surface area contributed by atoms with E-state index in [2.05, 4.69) is 54.5 Å². The summed E-state index contributed by atoms with van der Waals surface area (Å²) in [5.74, 6) is 0.859. The molecule has 0 amide bonds. The van der Waals surface area contributed by atoms with E-state index in [0.29, 0.717) is 0 Å². The number of benzene rings is 1. The predicted molar refractivity (Wildman–Crippen MR) is 80.1 cm³/mol. The fourth-order valence-corrected chi connectivity index (χ4v) is 2.67. The van der Waals surface area contributed by atoms with Crippen molar-refractivity contribution in [3.63, 3.8) is 0 Å². The van der Waals surface area contributed by atoms with Crippen LogP contribution in [-0.2, 0) is 6.54 Å². The second-order valence-corrected chi connectivity index (χ2v) is 6.33. The first-order valence-corrected chi connectivity index (χ1v) is 7.16. The van der Waals surface area contributed by atoms with Crippen LogP contribution in [0.25, 0.3) is 10.9 Å². The number of hydrogen-bond acceptors (Lipinski definition) is 2. The van der Waals surface area contributed by atoms with Gasteiger partial charge in [-0.05, 0) is 63.3 Å². The first kappa shape index (κ1) is 12.6. The Bertz CT molecular complexity index is 597. The van der Waals surface area contributed by atoms with E-state index < -0.39 is 0 Å². The summed E-state index contributed by atoms with van der Waals surface area (Å²) in [4.78, 5) is 4.54. The maximum atomic E-state index is 4.54. The van der Waals surface area contributed by atoms with Crippen LogP contribution in [-0.4, -0.2) is 10.5 Å². The minimum absolute atomic E-state index is 0.264. The Hall–Kier alpha value is -1.41. The van der Waals surface area contributed by atoms with Gasteiger partial charge < -0.3 is 5.32 Å². The van der Waals surface area contributed by atoms with Gasteiger partial charge in [0, 0.05) is 23.2 Å². The van der Waals surface area contributed by atoms with Gasteiger partial charge in [0.25, 0.3) is 0 Å². The van der Waals surface area contributed by atoms with Gasteiger partial charge in [0.2, 0.25) is 0 Å². The van der Waals surface area contributed by atoms with E-state index >= 15 is 0 Å². The molecule has 1 fully saturated rings. The van der Waals surface area contributed by atoms with E-state index in [1.807, 2.05) is 6.92 Å². The Morgan fingerprint density at radius 2 is 2.00 bits per heavy atom. The van der Waals surface area contributed by atoms with Crippen molar-refractivity contribution in [1.82, 2.24) is 10.3 Å². The zero-order valence-electron chi connectivity index (χ0n) is 12.0. The van der Waals surface area contributed by atoms with Crippen LogP contribution in [0.1, 0.15) is 37.9 Å². The minimum Gasteiger partial charge on any atom is -0.307 e.